The lowest BCUT2D eigenvalue weighted by Crippen LogP contribution is -2.10. The summed E-state index contributed by atoms with van der Waals surface area (Å²) >= 11 is 5.79. The minimum atomic E-state index is -0.495. The average molecular weight is 251 g/mol. The quantitative estimate of drug-likeness (QED) is 0.668. The number of aromatic amines is 1. The molecule has 4 heteroatoms. The average Bonchev–Trinajstić information content (AvgIpc) is 2.69. The SMILES string of the molecule is CCCc1nc2ccc(C(=O)C(C)Cl)cc2[nH]1. The Balaban J connectivity index is 2.39. The van der Waals surface area contributed by atoms with E-state index in [0.717, 1.165) is 29.7 Å². The highest BCUT2D eigenvalue weighted by molar-refractivity contribution is 6.33. The summed E-state index contributed by atoms with van der Waals surface area (Å²) < 4.78 is 0. The normalized spacial score (nSPS) is 12.9. The van der Waals surface area contributed by atoms with Gasteiger partial charge in [0.1, 0.15) is 5.82 Å². The van der Waals surface area contributed by atoms with Gasteiger partial charge in [-0.3, -0.25) is 4.79 Å². The minimum Gasteiger partial charge on any atom is -0.342 e. The van der Waals surface area contributed by atoms with E-state index in [-0.39, 0.29) is 5.78 Å². The molecule has 1 unspecified atom stereocenters. The summed E-state index contributed by atoms with van der Waals surface area (Å²) in [5.41, 5.74) is 2.43. The highest BCUT2D eigenvalue weighted by Crippen LogP contribution is 2.17. The lowest BCUT2D eigenvalue weighted by molar-refractivity contribution is 0.0992. The monoisotopic (exact) mass is 250 g/mol. The fraction of sp³-hybridized carbons (Fsp3) is 0.385. The van der Waals surface area contributed by atoms with Crippen LogP contribution in [0.25, 0.3) is 11.0 Å². The molecular formula is C13H15ClN2O. The Bertz CT molecular complexity index is 545. The predicted octanol–water partition coefficient (Wildman–Crippen LogP) is 3.33. The lowest BCUT2D eigenvalue weighted by Gasteiger charge is -2.01. The van der Waals surface area contributed by atoms with Crippen molar-refractivity contribution in [2.45, 2.75) is 32.1 Å². The molecule has 90 valence electrons. The topological polar surface area (TPSA) is 45.8 Å². The van der Waals surface area contributed by atoms with E-state index >= 15 is 0 Å². The van der Waals surface area contributed by atoms with Crippen molar-refractivity contribution in [2.75, 3.05) is 0 Å². The number of hydrogen-bond donors (Lipinski definition) is 1. The Morgan fingerprint density at radius 2 is 2.29 bits per heavy atom. The first kappa shape index (κ1) is 12.1. The van der Waals surface area contributed by atoms with Crippen LogP contribution in [0.4, 0.5) is 0 Å². The molecule has 0 aliphatic carbocycles. The van der Waals surface area contributed by atoms with Crippen molar-refractivity contribution in [3.8, 4) is 0 Å². The van der Waals surface area contributed by atoms with Crippen molar-refractivity contribution in [1.82, 2.24) is 9.97 Å². The van der Waals surface area contributed by atoms with E-state index in [1.165, 1.54) is 0 Å². The molecule has 1 aromatic carbocycles. The van der Waals surface area contributed by atoms with Crippen molar-refractivity contribution < 1.29 is 4.79 Å². The summed E-state index contributed by atoms with van der Waals surface area (Å²) in [7, 11) is 0. The first-order chi connectivity index (χ1) is 8.11. The Morgan fingerprint density at radius 3 is 2.94 bits per heavy atom. The molecule has 0 saturated heterocycles. The van der Waals surface area contributed by atoms with Crippen LogP contribution in [0.1, 0.15) is 36.5 Å². The zero-order chi connectivity index (χ0) is 12.4. The van der Waals surface area contributed by atoms with Crippen LogP contribution < -0.4 is 0 Å². The number of nitrogens with one attached hydrogen (secondary N) is 1. The highest BCUT2D eigenvalue weighted by atomic mass is 35.5. The van der Waals surface area contributed by atoms with Gasteiger partial charge in [-0.2, -0.15) is 0 Å². The van der Waals surface area contributed by atoms with E-state index in [9.17, 15) is 4.79 Å². The predicted molar refractivity (Wildman–Crippen MR) is 69.7 cm³/mol. The Kier molecular flexibility index (Phi) is 3.48. The van der Waals surface area contributed by atoms with E-state index in [1.54, 1.807) is 13.0 Å². The second-order valence-corrected chi connectivity index (χ2v) is 4.80. The number of rotatable bonds is 4. The summed E-state index contributed by atoms with van der Waals surface area (Å²) in [6.07, 6.45) is 1.97. The number of Topliss-reactive ketones (excluding diaryl/α,β-unsaturated/α-hetero) is 1. The van der Waals surface area contributed by atoms with E-state index in [1.807, 2.05) is 12.1 Å². The largest absolute Gasteiger partial charge is 0.342 e. The van der Waals surface area contributed by atoms with Gasteiger partial charge in [-0.1, -0.05) is 6.92 Å². The zero-order valence-corrected chi connectivity index (χ0v) is 10.7. The summed E-state index contributed by atoms with van der Waals surface area (Å²) in [5, 5.41) is -0.495. The Hall–Kier alpha value is -1.35. The number of benzene rings is 1. The first-order valence-corrected chi connectivity index (χ1v) is 6.22. The van der Waals surface area contributed by atoms with Gasteiger partial charge in [0.15, 0.2) is 5.78 Å². The van der Waals surface area contributed by atoms with Gasteiger partial charge in [0.05, 0.1) is 16.4 Å². The van der Waals surface area contributed by atoms with Gasteiger partial charge in [0.25, 0.3) is 0 Å². The molecule has 1 atom stereocenters. The number of hydrogen-bond acceptors (Lipinski definition) is 2. The summed E-state index contributed by atoms with van der Waals surface area (Å²) in [4.78, 5) is 19.4. The molecule has 0 spiro atoms. The summed E-state index contributed by atoms with van der Waals surface area (Å²) in [5.74, 6) is 0.909. The smallest absolute Gasteiger partial charge is 0.180 e. The Labute approximate surface area is 105 Å². The van der Waals surface area contributed by atoms with E-state index in [2.05, 4.69) is 16.9 Å². The maximum atomic E-state index is 11.8. The van der Waals surface area contributed by atoms with E-state index in [4.69, 9.17) is 11.6 Å². The highest BCUT2D eigenvalue weighted by Gasteiger charge is 2.13. The van der Waals surface area contributed by atoms with Crippen LogP contribution in [0.15, 0.2) is 18.2 Å². The molecule has 3 nitrogen and oxygen atoms in total. The van der Waals surface area contributed by atoms with Gasteiger partial charge >= 0.3 is 0 Å². The molecule has 2 rings (SSSR count). The van der Waals surface area contributed by atoms with Crippen molar-refractivity contribution in [1.29, 1.82) is 0 Å². The van der Waals surface area contributed by atoms with Crippen LogP contribution in [0.3, 0.4) is 0 Å². The molecule has 17 heavy (non-hydrogen) atoms. The van der Waals surface area contributed by atoms with Crippen LogP contribution in [0, 0.1) is 0 Å². The maximum Gasteiger partial charge on any atom is 0.180 e. The standard InChI is InChI=1S/C13H15ClN2O/c1-3-4-12-15-10-6-5-9(7-11(10)16-12)13(17)8(2)14/h5-8H,3-4H2,1-2H3,(H,15,16). The number of imidazole rings is 1. The van der Waals surface area contributed by atoms with Crippen LogP contribution in [0.2, 0.25) is 0 Å². The minimum absolute atomic E-state index is 0.0554. The number of halogens is 1. The number of carbonyl (C=O) groups excluding carboxylic acids is 1. The molecule has 0 aliphatic rings. The van der Waals surface area contributed by atoms with Crippen molar-refractivity contribution in [2.24, 2.45) is 0 Å². The van der Waals surface area contributed by atoms with Gasteiger partial charge in [-0.25, -0.2) is 4.98 Å². The third-order valence-corrected chi connectivity index (χ3v) is 2.86. The fourth-order valence-electron chi connectivity index (χ4n) is 1.80. The number of aromatic nitrogens is 2. The number of carbonyl (C=O) groups is 1. The second kappa shape index (κ2) is 4.88. The van der Waals surface area contributed by atoms with Crippen LogP contribution in [0.5, 0.6) is 0 Å². The number of alkyl halides is 1. The molecular weight excluding hydrogens is 236 g/mol. The third-order valence-electron chi connectivity index (χ3n) is 2.66. The summed E-state index contributed by atoms with van der Waals surface area (Å²) in [6.45, 7) is 3.79. The van der Waals surface area contributed by atoms with Crippen molar-refractivity contribution in [3.05, 3.63) is 29.6 Å². The molecule has 0 aliphatic heterocycles. The van der Waals surface area contributed by atoms with Crippen LogP contribution in [-0.2, 0) is 6.42 Å². The number of fused-ring (bicyclic) bond motifs is 1. The molecule has 0 radical (unpaired) electrons. The van der Waals surface area contributed by atoms with E-state index in [0.29, 0.717) is 5.56 Å². The van der Waals surface area contributed by atoms with Gasteiger partial charge < -0.3 is 4.98 Å². The van der Waals surface area contributed by atoms with Gasteiger partial charge in [0, 0.05) is 12.0 Å². The molecule has 0 fully saturated rings. The molecule has 0 bridgehead atoms. The molecule has 1 aromatic heterocycles. The van der Waals surface area contributed by atoms with Gasteiger partial charge in [-0.15, -0.1) is 11.6 Å². The summed E-state index contributed by atoms with van der Waals surface area (Å²) in [6, 6.07) is 5.46. The third kappa shape index (κ3) is 2.50. The number of aryl methyl sites for hydroxylation is 1. The molecule has 1 heterocycles. The molecule has 2 aromatic rings. The number of H-pyrrole nitrogens is 1. The zero-order valence-electron chi connectivity index (χ0n) is 9.96. The number of ketones is 1. The van der Waals surface area contributed by atoms with Gasteiger partial charge in [-0.05, 0) is 31.5 Å². The fourth-order valence-corrected chi connectivity index (χ4v) is 1.93. The molecule has 0 saturated carbocycles. The van der Waals surface area contributed by atoms with Crippen molar-refractivity contribution in [3.63, 3.8) is 0 Å². The maximum absolute atomic E-state index is 11.8. The first-order valence-electron chi connectivity index (χ1n) is 5.78. The number of nitrogens with zero attached hydrogens (tertiary/aromatic N) is 1. The molecule has 1 N–H and O–H groups in total. The Morgan fingerprint density at radius 1 is 1.53 bits per heavy atom. The van der Waals surface area contributed by atoms with Crippen LogP contribution in [-0.4, -0.2) is 21.1 Å². The lowest BCUT2D eigenvalue weighted by atomic mass is 10.1. The second-order valence-electron chi connectivity index (χ2n) is 4.15. The molecule has 0 amide bonds. The van der Waals surface area contributed by atoms with E-state index < -0.39 is 5.38 Å². The van der Waals surface area contributed by atoms with Gasteiger partial charge in [0.2, 0.25) is 0 Å². The van der Waals surface area contributed by atoms with Crippen LogP contribution >= 0.6 is 11.6 Å². The van der Waals surface area contributed by atoms with Crippen molar-refractivity contribution >= 4 is 28.4 Å².